The van der Waals surface area contributed by atoms with Gasteiger partial charge in [-0.3, -0.25) is 0 Å². The van der Waals surface area contributed by atoms with E-state index in [2.05, 4.69) is 12.6 Å². The van der Waals surface area contributed by atoms with Gasteiger partial charge in [0.05, 0.1) is 0 Å². The monoisotopic (exact) mass is 105 g/mol. The molecule has 0 rings (SSSR count). The summed E-state index contributed by atoms with van der Waals surface area (Å²) in [5.74, 6) is 0.900. The Morgan fingerprint density at radius 2 is 2.33 bits per heavy atom. The highest BCUT2D eigenvalue weighted by atomic mass is 32.1. The van der Waals surface area contributed by atoms with Crippen LogP contribution in [-0.4, -0.2) is 11.8 Å². The Bertz CT molecular complexity index is 28.7. The maximum atomic E-state index is 5.35. The van der Waals surface area contributed by atoms with Crippen molar-refractivity contribution in [2.75, 3.05) is 5.75 Å². The van der Waals surface area contributed by atoms with Crippen molar-refractivity contribution in [2.45, 2.75) is 19.4 Å². The van der Waals surface area contributed by atoms with Crippen molar-refractivity contribution in [3.63, 3.8) is 0 Å². The largest absolute Gasteiger partial charge is 0.328 e. The third-order valence-electron chi connectivity index (χ3n) is 0.584. The molecular formula is C4H11NS. The first-order valence-corrected chi connectivity index (χ1v) is 2.77. The molecule has 2 N–H and O–H groups in total. The van der Waals surface area contributed by atoms with Crippen LogP contribution >= 0.6 is 12.6 Å². The van der Waals surface area contributed by atoms with E-state index in [0.29, 0.717) is 6.04 Å². The van der Waals surface area contributed by atoms with Gasteiger partial charge in [0.15, 0.2) is 0 Å². The van der Waals surface area contributed by atoms with E-state index in [1.54, 1.807) is 0 Å². The van der Waals surface area contributed by atoms with Gasteiger partial charge in [-0.1, -0.05) is 0 Å². The maximum Gasteiger partial charge on any atom is 0.00182 e. The van der Waals surface area contributed by atoms with Gasteiger partial charge >= 0.3 is 0 Å². The van der Waals surface area contributed by atoms with Crippen molar-refractivity contribution in [1.82, 2.24) is 0 Å². The van der Waals surface area contributed by atoms with E-state index in [1.165, 1.54) is 0 Å². The van der Waals surface area contributed by atoms with Crippen LogP contribution in [0.1, 0.15) is 13.3 Å². The topological polar surface area (TPSA) is 26.0 Å². The Labute approximate surface area is 44.3 Å². The molecule has 1 atom stereocenters. The van der Waals surface area contributed by atoms with E-state index in [9.17, 15) is 0 Å². The minimum atomic E-state index is 0.322. The first kappa shape index (κ1) is 6.31. The molecule has 0 aliphatic carbocycles. The van der Waals surface area contributed by atoms with Crippen molar-refractivity contribution in [1.29, 1.82) is 0 Å². The highest BCUT2D eigenvalue weighted by Crippen LogP contribution is 1.85. The molecule has 0 fully saturated rings. The average Bonchev–Trinajstić information content (AvgIpc) is 1.35. The van der Waals surface area contributed by atoms with Gasteiger partial charge in [-0.15, -0.1) is 0 Å². The number of hydrogen-bond acceptors (Lipinski definition) is 2. The van der Waals surface area contributed by atoms with Crippen molar-refractivity contribution in [3.05, 3.63) is 0 Å². The molecule has 0 bridgehead atoms. The van der Waals surface area contributed by atoms with Gasteiger partial charge in [0, 0.05) is 6.04 Å². The lowest BCUT2D eigenvalue weighted by Crippen LogP contribution is -2.14. The second kappa shape index (κ2) is 3.50. The summed E-state index contributed by atoms with van der Waals surface area (Å²) >= 11 is 3.98. The molecule has 6 heavy (non-hydrogen) atoms. The predicted molar refractivity (Wildman–Crippen MR) is 32.1 cm³/mol. The molecule has 0 aromatic rings. The van der Waals surface area contributed by atoms with Crippen molar-refractivity contribution in [3.8, 4) is 0 Å². The van der Waals surface area contributed by atoms with Crippen LogP contribution in [0.3, 0.4) is 0 Å². The molecule has 0 aliphatic heterocycles. The Morgan fingerprint density at radius 3 is 2.33 bits per heavy atom. The van der Waals surface area contributed by atoms with E-state index in [0.717, 1.165) is 12.2 Å². The molecule has 0 aliphatic rings. The van der Waals surface area contributed by atoms with Gasteiger partial charge in [-0.25, -0.2) is 0 Å². The standard InChI is InChI=1S/C4H11NS/c1-4(5)2-3-6/h4,6H,2-3,5H2,1H3/t4-/m0/s1. The van der Waals surface area contributed by atoms with E-state index >= 15 is 0 Å². The Kier molecular flexibility index (Phi) is 3.68. The number of thiol groups is 1. The number of hydrogen-bond donors (Lipinski definition) is 2. The Balaban J connectivity index is 2.63. The zero-order chi connectivity index (χ0) is 4.99. The summed E-state index contributed by atoms with van der Waals surface area (Å²) in [5, 5.41) is 0. The van der Waals surface area contributed by atoms with Crippen LogP contribution in [0.15, 0.2) is 0 Å². The van der Waals surface area contributed by atoms with E-state index in [1.807, 2.05) is 6.92 Å². The minimum Gasteiger partial charge on any atom is -0.328 e. The zero-order valence-corrected chi connectivity index (χ0v) is 4.91. The second-order valence-corrected chi connectivity index (χ2v) is 1.94. The Hall–Kier alpha value is 0.310. The van der Waals surface area contributed by atoms with Crippen LogP contribution in [0.4, 0.5) is 0 Å². The van der Waals surface area contributed by atoms with Gasteiger partial charge in [0.2, 0.25) is 0 Å². The molecule has 0 spiro atoms. The first-order chi connectivity index (χ1) is 2.77. The molecule has 0 saturated heterocycles. The average molecular weight is 105 g/mol. The fraction of sp³-hybridized carbons (Fsp3) is 1.00. The molecule has 0 radical (unpaired) electrons. The lowest BCUT2D eigenvalue weighted by Gasteiger charge is -1.96. The summed E-state index contributed by atoms with van der Waals surface area (Å²) in [6.07, 6.45) is 1.02. The van der Waals surface area contributed by atoms with Crippen LogP contribution in [0, 0.1) is 0 Å². The van der Waals surface area contributed by atoms with Crippen molar-refractivity contribution in [2.24, 2.45) is 5.73 Å². The summed E-state index contributed by atoms with van der Waals surface area (Å²) in [5.41, 5.74) is 5.35. The van der Waals surface area contributed by atoms with Crippen LogP contribution in [0.2, 0.25) is 0 Å². The third-order valence-corrected chi connectivity index (χ3v) is 0.843. The molecule has 0 unspecified atom stereocenters. The lowest BCUT2D eigenvalue weighted by molar-refractivity contribution is 0.722. The molecule has 1 nitrogen and oxygen atoms in total. The molecule has 0 aromatic carbocycles. The number of nitrogens with two attached hydrogens (primary N) is 1. The van der Waals surface area contributed by atoms with Crippen LogP contribution < -0.4 is 5.73 Å². The third kappa shape index (κ3) is 4.31. The molecule has 38 valence electrons. The van der Waals surface area contributed by atoms with Crippen LogP contribution in [0.5, 0.6) is 0 Å². The highest BCUT2D eigenvalue weighted by Gasteiger charge is 1.86. The molecular weight excluding hydrogens is 94.1 g/mol. The quantitative estimate of drug-likeness (QED) is 0.495. The molecule has 0 heterocycles. The van der Waals surface area contributed by atoms with Gasteiger partial charge in [0.1, 0.15) is 0 Å². The van der Waals surface area contributed by atoms with E-state index in [-0.39, 0.29) is 0 Å². The smallest absolute Gasteiger partial charge is 0.00182 e. The molecule has 2 heteroatoms. The van der Waals surface area contributed by atoms with Crippen molar-refractivity contribution < 1.29 is 0 Å². The lowest BCUT2D eigenvalue weighted by atomic mass is 10.3. The zero-order valence-electron chi connectivity index (χ0n) is 4.02. The normalized spacial score (nSPS) is 14.5. The van der Waals surface area contributed by atoms with Crippen molar-refractivity contribution >= 4 is 12.6 Å². The van der Waals surface area contributed by atoms with Crippen LogP contribution in [-0.2, 0) is 0 Å². The predicted octanol–water partition coefficient (Wildman–Crippen LogP) is 0.654. The summed E-state index contributed by atoms with van der Waals surface area (Å²) in [4.78, 5) is 0. The van der Waals surface area contributed by atoms with Crippen LogP contribution in [0.25, 0.3) is 0 Å². The van der Waals surface area contributed by atoms with Gasteiger partial charge in [-0.2, -0.15) is 12.6 Å². The fourth-order valence-corrected chi connectivity index (χ4v) is 0.611. The Morgan fingerprint density at radius 1 is 1.83 bits per heavy atom. The summed E-state index contributed by atoms with van der Waals surface area (Å²) in [6.45, 7) is 1.98. The molecule has 0 amide bonds. The van der Waals surface area contributed by atoms with E-state index < -0.39 is 0 Å². The second-order valence-electron chi connectivity index (χ2n) is 1.49. The summed E-state index contributed by atoms with van der Waals surface area (Å²) in [6, 6.07) is 0.322. The molecule has 0 saturated carbocycles. The van der Waals surface area contributed by atoms with Gasteiger partial charge < -0.3 is 5.73 Å². The minimum absolute atomic E-state index is 0.322. The van der Waals surface area contributed by atoms with Gasteiger partial charge in [0.25, 0.3) is 0 Å². The van der Waals surface area contributed by atoms with E-state index in [4.69, 9.17) is 5.73 Å². The maximum absolute atomic E-state index is 5.35. The SMILES string of the molecule is C[C@H](N)CCS. The van der Waals surface area contributed by atoms with Gasteiger partial charge in [-0.05, 0) is 19.1 Å². The first-order valence-electron chi connectivity index (χ1n) is 2.14. The fourth-order valence-electron chi connectivity index (χ4n) is 0.204. The highest BCUT2D eigenvalue weighted by molar-refractivity contribution is 7.80. The summed E-state index contributed by atoms with van der Waals surface area (Å²) in [7, 11) is 0. The number of rotatable bonds is 2. The molecule has 0 aromatic heterocycles. The summed E-state index contributed by atoms with van der Waals surface area (Å²) < 4.78 is 0.